The lowest BCUT2D eigenvalue weighted by atomic mass is 10.1. The maximum absolute atomic E-state index is 6.09. The molecule has 100 valence electrons. The Bertz CT molecular complexity index is 576. The van der Waals surface area contributed by atoms with E-state index in [1.807, 2.05) is 12.1 Å². The summed E-state index contributed by atoms with van der Waals surface area (Å²) in [7, 11) is 0. The van der Waals surface area contributed by atoms with Gasteiger partial charge in [-0.2, -0.15) is 0 Å². The van der Waals surface area contributed by atoms with E-state index >= 15 is 0 Å². The average Bonchev–Trinajstić information content (AvgIpc) is 2.91. The highest BCUT2D eigenvalue weighted by Gasteiger charge is 2.26. The molecule has 1 unspecified atom stereocenters. The van der Waals surface area contributed by atoms with E-state index in [-0.39, 0.29) is 0 Å². The van der Waals surface area contributed by atoms with Crippen LogP contribution in [0.5, 0.6) is 0 Å². The molecule has 3 rings (SSSR count). The quantitative estimate of drug-likeness (QED) is 0.801. The summed E-state index contributed by atoms with van der Waals surface area (Å²) in [6, 6.07) is 10.9. The number of halogens is 2. The highest BCUT2D eigenvalue weighted by molar-refractivity contribution is 7.16. The first kappa shape index (κ1) is 13.4. The summed E-state index contributed by atoms with van der Waals surface area (Å²) in [5.41, 5.74) is 2.65. The van der Waals surface area contributed by atoms with Crippen molar-refractivity contribution in [3.05, 3.63) is 55.7 Å². The van der Waals surface area contributed by atoms with Crippen LogP contribution in [-0.2, 0) is 6.42 Å². The Balaban J connectivity index is 1.73. The third-order valence-corrected chi connectivity index (χ3v) is 5.26. The van der Waals surface area contributed by atoms with Crippen molar-refractivity contribution >= 4 is 34.5 Å². The van der Waals surface area contributed by atoms with Crippen LogP contribution in [0.3, 0.4) is 0 Å². The molecule has 1 aliphatic carbocycles. The number of rotatable bonds is 3. The van der Waals surface area contributed by atoms with Gasteiger partial charge in [-0.1, -0.05) is 35.3 Å². The molecule has 1 heterocycles. The minimum Gasteiger partial charge on any atom is -0.303 e. The van der Waals surface area contributed by atoms with Gasteiger partial charge in [-0.25, -0.2) is 0 Å². The Kier molecular flexibility index (Phi) is 3.86. The molecular formula is C15H15Cl2NS. The lowest BCUT2D eigenvalue weighted by Crippen LogP contribution is -2.22. The Morgan fingerprint density at radius 3 is 2.74 bits per heavy atom. The van der Waals surface area contributed by atoms with Crippen molar-refractivity contribution in [1.82, 2.24) is 5.32 Å². The summed E-state index contributed by atoms with van der Waals surface area (Å²) in [5, 5.41) is 4.47. The molecule has 1 aromatic heterocycles. The molecule has 1 aromatic carbocycles. The standard InChI is InChI=1S/C15H15Cl2NS/c1-9(10-2-4-11(16)5-3-10)18-13-6-7-14-12(13)8-15(17)19-14/h2-5,8-9,13,18H,6-7H2,1H3/t9-,13?/m0/s1. The average molecular weight is 312 g/mol. The summed E-state index contributed by atoms with van der Waals surface area (Å²) in [5.74, 6) is 0. The zero-order chi connectivity index (χ0) is 13.4. The van der Waals surface area contributed by atoms with Crippen molar-refractivity contribution < 1.29 is 0 Å². The molecule has 4 heteroatoms. The van der Waals surface area contributed by atoms with Crippen LogP contribution in [0.4, 0.5) is 0 Å². The van der Waals surface area contributed by atoms with E-state index in [0.717, 1.165) is 22.2 Å². The van der Waals surface area contributed by atoms with Gasteiger partial charge in [0.1, 0.15) is 0 Å². The molecule has 0 saturated carbocycles. The number of fused-ring (bicyclic) bond motifs is 1. The molecule has 2 aromatic rings. The summed E-state index contributed by atoms with van der Waals surface area (Å²) < 4.78 is 0.899. The van der Waals surface area contributed by atoms with Crippen LogP contribution in [0, 0.1) is 0 Å². The number of thiophene rings is 1. The first-order chi connectivity index (χ1) is 9.13. The minimum atomic E-state index is 0.312. The number of aryl methyl sites for hydroxylation is 1. The fourth-order valence-corrected chi connectivity index (χ4v) is 4.14. The summed E-state index contributed by atoms with van der Waals surface area (Å²) in [6.45, 7) is 2.19. The predicted molar refractivity (Wildman–Crippen MR) is 83.4 cm³/mol. The fraction of sp³-hybridized carbons (Fsp3) is 0.333. The van der Waals surface area contributed by atoms with Gasteiger partial charge in [0.05, 0.1) is 4.34 Å². The second kappa shape index (κ2) is 5.45. The van der Waals surface area contributed by atoms with E-state index in [4.69, 9.17) is 23.2 Å². The van der Waals surface area contributed by atoms with Crippen molar-refractivity contribution in [2.24, 2.45) is 0 Å². The van der Waals surface area contributed by atoms with E-state index in [1.54, 1.807) is 11.3 Å². The zero-order valence-corrected chi connectivity index (χ0v) is 12.9. The first-order valence-electron chi connectivity index (χ1n) is 6.43. The molecule has 0 spiro atoms. The van der Waals surface area contributed by atoms with Gasteiger partial charge < -0.3 is 5.32 Å². The highest BCUT2D eigenvalue weighted by Crippen LogP contribution is 2.40. The number of hydrogen-bond donors (Lipinski definition) is 1. The van der Waals surface area contributed by atoms with Crippen molar-refractivity contribution in [3.63, 3.8) is 0 Å². The van der Waals surface area contributed by atoms with Gasteiger partial charge in [-0.3, -0.25) is 0 Å². The summed E-state index contributed by atoms with van der Waals surface area (Å²) in [6.07, 6.45) is 2.30. The lowest BCUT2D eigenvalue weighted by Gasteiger charge is -2.20. The first-order valence-corrected chi connectivity index (χ1v) is 8.00. The summed E-state index contributed by atoms with van der Waals surface area (Å²) in [4.78, 5) is 1.44. The Morgan fingerprint density at radius 1 is 1.26 bits per heavy atom. The van der Waals surface area contributed by atoms with E-state index in [2.05, 4.69) is 30.4 Å². The van der Waals surface area contributed by atoms with Crippen LogP contribution in [0.25, 0.3) is 0 Å². The fourth-order valence-electron chi connectivity index (χ4n) is 2.65. The SMILES string of the molecule is C[C@H](NC1CCc2sc(Cl)cc21)c1ccc(Cl)cc1. The molecule has 0 amide bonds. The zero-order valence-electron chi connectivity index (χ0n) is 10.6. The van der Waals surface area contributed by atoms with Gasteiger partial charge in [0, 0.05) is 22.0 Å². The van der Waals surface area contributed by atoms with Crippen LogP contribution in [0.15, 0.2) is 30.3 Å². The molecule has 0 fully saturated rings. The van der Waals surface area contributed by atoms with Gasteiger partial charge in [0.25, 0.3) is 0 Å². The maximum Gasteiger partial charge on any atom is 0.0934 e. The molecule has 1 N–H and O–H groups in total. The molecule has 1 aliphatic rings. The van der Waals surface area contributed by atoms with Crippen LogP contribution < -0.4 is 5.32 Å². The number of benzene rings is 1. The third-order valence-electron chi connectivity index (χ3n) is 3.67. The van der Waals surface area contributed by atoms with Crippen molar-refractivity contribution in [2.45, 2.75) is 31.8 Å². The summed E-state index contributed by atoms with van der Waals surface area (Å²) >= 11 is 13.7. The Labute approximate surface area is 127 Å². The van der Waals surface area contributed by atoms with Crippen LogP contribution in [-0.4, -0.2) is 0 Å². The number of hydrogen-bond acceptors (Lipinski definition) is 2. The third kappa shape index (κ3) is 2.82. The van der Waals surface area contributed by atoms with Gasteiger partial charge >= 0.3 is 0 Å². The molecule has 19 heavy (non-hydrogen) atoms. The van der Waals surface area contributed by atoms with Gasteiger partial charge in [0.15, 0.2) is 0 Å². The van der Waals surface area contributed by atoms with Crippen molar-refractivity contribution in [2.75, 3.05) is 0 Å². The van der Waals surface area contributed by atoms with E-state index in [1.165, 1.54) is 16.0 Å². The molecule has 1 nitrogen and oxygen atoms in total. The van der Waals surface area contributed by atoms with Gasteiger partial charge in [0.2, 0.25) is 0 Å². The van der Waals surface area contributed by atoms with E-state index in [0.29, 0.717) is 12.1 Å². The van der Waals surface area contributed by atoms with Crippen LogP contribution >= 0.6 is 34.5 Å². The maximum atomic E-state index is 6.09. The smallest absolute Gasteiger partial charge is 0.0934 e. The van der Waals surface area contributed by atoms with Crippen LogP contribution in [0.2, 0.25) is 9.36 Å². The molecular weight excluding hydrogens is 297 g/mol. The largest absolute Gasteiger partial charge is 0.303 e. The normalized spacial score (nSPS) is 19.4. The molecule has 0 bridgehead atoms. The predicted octanol–water partition coefficient (Wildman–Crippen LogP) is 5.39. The number of nitrogens with one attached hydrogen (secondary N) is 1. The van der Waals surface area contributed by atoms with Crippen LogP contribution in [0.1, 0.15) is 41.4 Å². The van der Waals surface area contributed by atoms with Crippen molar-refractivity contribution in [1.29, 1.82) is 0 Å². The molecule has 0 saturated heterocycles. The molecule has 0 radical (unpaired) electrons. The van der Waals surface area contributed by atoms with E-state index in [9.17, 15) is 0 Å². The monoisotopic (exact) mass is 311 g/mol. The second-order valence-electron chi connectivity index (χ2n) is 4.96. The Hall–Kier alpha value is -0.540. The molecule has 0 aliphatic heterocycles. The second-order valence-corrected chi connectivity index (χ2v) is 7.16. The van der Waals surface area contributed by atoms with Crippen molar-refractivity contribution in [3.8, 4) is 0 Å². The lowest BCUT2D eigenvalue weighted by molar-refractivity contribution is 0.465. The Morgan fingerprint density at radius 2 is 2.00 bits per heavy atom. The minimum absolute atomic E-state index is 0.312. The highest BCUT2D eigenvalue weighted by atomic mass is 35.5. The van der Waals surface area contributed by atoms with Gasteiger partial charge in [-0.15, -0.1) is 11.3 Å². The topological polar surface area (TPSA) is 12.0 Å². The molecule has 2 atom stereocenters. The van der Waals surface area contributed by atoms with E-state index < -0.39 is 0 Å². The van der Waals surface area contributed by atoms with Gasteiger partial charge in [-0.05, 0) is 49.1 Å².